The molecule has 33 heavy (non-hydrogen) atoms. The normalized spacial score (nSPS) is 12.6. The lowest BCUT2D eigenvalue weighted by atomic mass is 10.1. The van der Waals surface area contributed by atoms with E-state index in [0.717, 1.165) is 24.0 Å². The molecule has 1 aliphatic heterocycles. The molecule has 1 aliphatic rings. The fraction of sp³-hybridized carbons (Fsp3) is 0.222. The van der Waals surface area contributed by atoms with E-state index in [9.17, 15) is 14.4 Å². The fourth-order valence-electron chi connectivity index (χ4n) is 3.78. The quantitative estimate of drug-likeness (QED) is 0.385. The van der Waals surface area contributed by atoms with Gasteiger partial charge in [-0.1, -0.05) is 37.6 Å². The minimum Gasteiger partial charge on any atom is -0.491 e. The van der Waals surface area contributed by atoms with Gasteiger partial charge in [0.25, 0.3) is 17.7 Å². The molecule has 4 rings (SSSR count). The van der Waals surface area contributed by atoms with Crippen molar-refractivity contribution in [2.45, 2.75) is 33.6 Å². The van der Waals surface area contributed by atoms with Crippen LogP contribution in [0.15, 0.2) is 60.7 Å². The van der Waals surface area contributed by atoms with Crippen LogP contribution in [-0.4, -0.2) is 24.3 Å². The third kappa shape index (κ3) is 4.37. The molecule has 0 unspecified atom stereocenters. The second-order valence-corrected chi connectivity index (χ2v) is 8.15. The summed E-state index contributed by atoms with van der Waals surface area (Å²) in [5.41, 5.74) is 3.70. The maximum absolute atomic E-state index is 13.2. The van der Waals surface area contributed by atoms with E-state index >= 15 is 0 Å². The van der Waals surface area contributed by atoms with Crippen molar-refractivity contribution in [1.29, 1.82) is 0 Å². The van der Waals surface area contributed by atoms with Gasteiger partial charge in [-0.25, -0.2) is 4.90 Å². The van der Waals surface area contributed by atoms with Crippen molar-refractivity contribution in [1.82, 2.24) is 0 Å². The van der Waals surface area contributed by atoms with E-state index in [1.165, 1.54) is 11.0 Å². The summed E-state index contributed by atoms with van der Waals surface area (Å²) in [4.78, 5) is 40.3. The summed E-state index contributed by atoms with van der Waals surface area (Å²) in [7, 11) is 0. The van der Waals surface area contributed by atoms with Crippen LogP contribution in [0.3, 0.4) is 0 Å². The molecule has 0 aliphatic carbocycles. The number of fused-ring (bicyclic) bond motifs is 1. The molecule has 3 amide bonds. The van der Waals surface area contributed by atoms with Gasteiger partial charge in [0.05, 0.1) is 29.1 Å². The van der Waals surface area contributed by atoms with Crippen LogP contribution in [0.4, 0.5) is 11.4 Å². The highest BCUT2D eigenvalue weighted by Crippen LogP contribution is 2.32. The van der Waals surface area contributed by atoms with Crippen molar-refractivity contribution < 1.29 is 19.1 Å². The van der Waals surface area contributed by atoms with Crippen molar-refractivity contribution >= 4 is 29.1 Å². The lowest BCUT2D eigenvalue weighted by Crippen LogP contribution is -2.30. The third-order valence-electron chi connectivity index (χ3n) is 5.65. The van der Waals surface area contributed by atoms with Gasteiger partial charge in [0.1, 0.15) is 5.75 Å². The van der Waals surface area contributed by atoms with Crippen molar-refractivity contribution in [2.75, 3.05) is 16.8 Å². The number of nitrogens with one attached hydrogen (secondary N) is 1. The number of anilines is 2. The van der Waals surface area contributed by atoms with Gasteiger partial charge >= 0.3 is 0 Å². The van der Waals surface area contributed by atoms with Crippen molar-refractivity contribution in [3.8, 4) is 5.75 Å². The standard InChI is InChI=1S/C27H26N2O4/c1-4-5-14-33-24-9-7-6-8-22(24)28-25(30)19-12-13-20-21(16-19)27(32)29(26(20)31)23-15-17(2)10-11-18(23)3/h6-13,15-16H,4-5,14H2,1-3H3,(H,28,30). The van der Waals surface area contributed by atoms with Crippen LogP contribution >= 0.6 is 0 Å². The summed E-state index contributed by atoms with van der Waals surface area (Å²) in [5, 5.41) is 2.86. The molecule has 0 saturated heterocycles. The Bertz CT molecular complexity index is 1250. The first-order chi connectivity index (χ1) is 15.9. The van der Waals surface area contributed by atoms with E-state index in [0.29, 0.717) is 34.9 Å². The Hall–Kier alpha value is -3.93. The number of para-hydroxylation sites is 2. The monoisotopic (exact) mass is 442 g/mol. The van der Waals surface area contributed by atoms with Crippen LogP contribution in [-0.2, 0) is 0 Å². The van der Waals surface area contributed by atoms with E-state index in [1.54, 1.807) is 24.3 Å². The highest BCUT2D eigenvalue weighted by Gasteiger charge is 2.37. The van der Waals surface area contributed by atoms with Crippen LogP contribution in [0.25, 0.3) is 0 Å². The molecule has 168 valence electrons. The molecule has 0 spiro atoms. The average Bonchev–Trinajstić information content (AvgIpc) is 3.06. The van der Waals surface area contributed by atoms with Crippen LogP contribution in [0.5, 0.6) is 5.75 Å². The molecule has 1 heterocycles. The zero-order valence-corrected chi connectivity index (χ0v) is 19.0. The van der Waals surface area contributed by atoms with E-state index in [1.807, 2.05) is 44.2 Å². The second kappa shape index (κ2) is 9.28. The molecular weight excluding hydrogens is 416 g/mol. The van der Waals surface area contributed by atoms with Gasteiger partial charge in [-0.3, -0.25) is 14.4 Å². The Labute approximate surface area is 193 Å². The fourth-order valence-corrected chi connectivity index (χ4v) is 3.78. The van der Waals surface area contributed by atoms with Gasteiger partial charge in [0.15, 0.2) is 0 Å². The van der Waals surface area contributed by atoms with Crippen LogP contribution in [0, 0.1) is 13.8 Å². The highest BCUT2D eigenvalue weighted by atomic mass is 16.5. The van der Waals surface area contributed by atoms with Crippen LogP contribution < -0.4 is 15.0 Å². The number of ether oxygens (including phenoxy) is 1. The molecule has 0 aromatic heterocycles. The summed E-state index contributed by atoms with van der Waals surface area (Å²) < 4.78 is 5.78. The van der Waals surface area contributed by atoms with Crippen molar-refractivity contribution in [3.05, 3.63) is 88.5 Å². The lowest BCUT2D eigenvalue weighted by Gasteiger charge is -2.17. The third-order valence-corrected chi connectivity index (χ3v) is 5.65. The first kappa shape index (κ1) is 22.3. The van der Waals surface area contributed by atoms with Crippen LogP contribution in [0.1, 0.15) is 62.0 Å². The number of hydrogen-bond acceptors (Lipinski definition) is 4. The van der Waals surface area contributed by atoms with E-state index in [4.69, 9.17) is 4.74 Å². The van der Waals surface area contributed by atoms with Crippen LogP contribution in [0.2, 0.25) is 0 Å². The average molecular weight is 443 g/mol. The molecule has 0 bridgehead atoms. The van der Waals surface area contributed by atoms with E-state index in [-0.39, 0.29) is 17.4 Å². The van der Waals surface area contributed by atoms with Gasteiger partial charge in [-0.05, 0) is 67.8 Å². The summed E-state index contributed by atoms with van der Waals surface area (Å²) in [6.45, 7) is 6.41. The molecule has 0 saturated carbocycles. The predicted octanol–water partition coefficient (Wildman–Crippen LogP) is 5.54. The minimum atomic E-state index is -0.429. The smallest absolute Gasteiger partial charge is 0.266 e. The van der Waals surface area contributed by atoms with E-state index in [2.05, 4.69) is 12.2 Å². The zero-order chi connectivity index (χ0) is 23.5. The molecule has 1 N–H and O–H groups in total. The summed E-state index contributed by atoms with van der Waals surface area (Å²) in [6, 6.07) is 17.5. The van der Waals surface area contributed by atoms with Gasteiger partial charge in [0.2, 0.25) is 0 Å². The molecular formula is C27H26N2O4. The molecule has 3 aromatic carbocycles. The largest absolute Gasteiger partial charge is 0.491 e. The minimum absolute atomic E-state index is 0.223. The molecule has 0 radical (unpaired) electrons. The highest BCUT2D eigenvalue weighted by molar-refractivity contribution is 6.35. The number of imide groups is 1. The molecule has 6 heteroatoms. The topological polar surface area (TPSA) is 75.7 Å². The zero-order valence-electron chi connectivity index (χ0n) is 19.0. The maximum Gasteiger partial charge on any atom is 0.266 e. The maximum atomic E-state index is 13.2. The Morgan fingerprint density at radius 2 is 1.70 bits per heavy atom. The van der Waals surface area contributed by atoms with Crippen molar-refractivity contribution in [2.24, 2.45) is 0 Å². The molecule has 0 fully saturated rings. The molecule has 3 aromatic rings. The molecule has 6 nitrogen and oxygen atoms in total. The number of nitrogens with zero attached hydrogens (tertiary/aromatic N) is 1. The molecule has 0 atom stereocenters. The summed E-state index contributed by atoms with van der Waals surface area (Å²) in [5.74, 6) is -0.602. The van der Waals surface area contributed by atoms with Gasteiger partial charge in [-0.15, -0.1) is 0 Å². The number of rotatable bonds is 7. The number of carbonyl (C=O) groups excluding carboxylic acids is 3. The number of amides is 3. The van der Waals surface area contributed by atoms with Gasteiger partial charge < -0.3 is 10.1 Å². The van der Waals surface area contributed by atoms with Crippen molar-refractivity contribution in [3.63, 3.8) is 0 Å². The number of aryl methyl sites for hydroxylation is 2. The first-order valence-corrected chi connectivity index (χ1v) is 11.0. The van der Waals surface area contributed by atoms with Gasteiger partial charge in [0, 0.05) is 5.56 Å². The Morgan fingerprint density at radius 3 is 2.48 bits per heavy atom. The summed E-state index contributed by atoms with van der Waals surface area (Å²) in [6.07, 6.45) is 1.93. The number of benzene rings is 3. The number of unbranched alkanes of at least 4 members (excludes halogenated alkanes) is 1. The SMILES string of the molecule is CCCCOc1ccccc1NC(=O)c1ccc2c(c1)C(=O)N(c1cc(C)ccc1C)C2=O. The number of carbonyl (C=O) groups is 3. The van der Waals surface area contributed by atoms with E-state index < -0.39 is 5.91 Å². The predicted molar refractivity (Wildman–Crippen MR) is 128 cm³/mol. The Balaban J connectivity index is 1.59. The summed E-state index contributed by atoms with van der Waals surface area (Å²) >= 11 is 0. The first-order valence-electron chi connectivity index (χ1n) is 11.0. The second-order valence-electron chi connectivity index (χ2n) is 8.15. The Morgan fingerprint density at radius 1 is 0.939 bits per heavy atom. The lowest BCUT2D eigenvalue weighted by molar-refractivity contribution is 0.0925. The number of hydrogen-bond donors (Lipinski definition) is 1. The van der Waals surface area contributed by atoms with Gasteiger partial charge in [-0.2, -0.15) is 0 Å². The Kier molecular flexibility index (Phi) is 6.27.